The molecule has 1 aliphatic heterocycles. The fraction of sp³-hybridized carbons (Fsp3) is 0.222. The number of thiazole rings is 1. The standard InChI is InChI=1S/C18H15ClFN3OS/c19-13-3-1-2-11(6-13)16-17(20)12(7-14-18(16)22-10-25-14)8-23-5-4-21-15(24)9-23/h1-3,6-7,10H,4-5,8-9H2,(H,21,24). The minimum Gasteiger partial charge on any atom is -0.354 e. The van der Waals surface area contributed by atoms with Crippen molar-refractivity contribution in [2.75, 3.05) is 19.6 Å². The Labute approximate surface area is 153 Å². The van der Waals surface area contributed by atoms with E-state index < -0.39 is 0 Å². The fourth-order valence-corrected chi connectivity index (χ4v) is 4.06. The van der Waals surface area contributed by atoms with Crippen LogP contribution in [-0.2, 0) is 11.3 Å². The molecule has 1 aliphatic rings. The maximum absolute atomic E-state index is 15.3. The third-order valence-corrected chi connectivity index (χ3v) is 5.27. The summed E-state index contributed by atoms with van der Waals surface area (Å²) in [6, 6.07) is 8.98. The zero-order valence-corrected chi connectivity index (χ0v) is 14.8. The van der Waals surface area contributed by atoms with Crippen molar-refractivity contribution >= 4 is 39.1 Å². The molecule has 1 amide bonds. The van der Waals surface area contributed by atoms with Gasteiger partial charge < -0.3 is 5.32 Å². The van der Waals surface area contributed by atoms with Gasteiger partial charge in [0.15, 0.2) is 0 Å². The van der Waals surface area contributed by atoms with Gasteiger partial charge >= 0.3 is 0 Å². The van der Waals surface area contributed by atoms with E-state index in [9.17, 15) is 4.79 Å². The van der Waals surface area contributed by atoms with Crippen LogP contribution in [0.2, 0.25) is 5.02 Å². The Kier molecular flexibility index (Phi) is 4.41. The first kappa shape index (κ1) is 16.4. The van der Waals surface area contributed by atoms with E-state index in [2.05, 4.69) is 10.3 Å². The predicted molar refractivity (Wildman–Crippen MR) is 98.3 cm³/mol. The molecule has 25 heavy (non-hydrogen) atoms. The fourth-order valence-electron chi connectivity index (χ4n) is 3.12. The summed E-state index contributed by atoms with van der Waals surface area (Å²) < 4.78 is 16.3. The number of carbonyl (C=O) groups excluding carboxylic acids is 1. The van der Waals surface area contributed by atoms with Crippen LogP contribution in [0.3, 0.4) is 0 Å². The average molecular weight is 376 g/mol. The summed E-state index contributed by atoms with van der Waals surface area (Å²) >= 11 is 7.57. The first-order valence-corrected chi connectivity index (χ1v) is 9.17. The summed E-state index contributed by atoms with van der Waals surface area (Å²) in [5.41, 5.74) is 4.11. The third kappa shape index (κ3) is 3.25. The number of aromatic nitrogens is 1. The number of halogens is 2. The van der Waals surface area contributed by atoms with Gasteiger partial charge in [-0.05, 0) is 23.8 Å². The summed E-state index contributed by atoms with van der Waals surface area (Å²) in [5, 5.41) is 3.34. The molecule has 128 valence electrons. The molecule has 0 saturated carbocycles. The molecule has 4 nitrogen and oxygen atoms in total. The number of nitrogens with one attached hydrogen (secondary N) is 1. The molecule has 7 heteroatoms. The number of nitrogens with zero attached hydrogens (tertiary/aromatic N) is 2. The molecular formula is C18H15ClFN3OS. The van der Waals surface area contributed by atoms with Crippen LogP contribution in [0.1, 0.15) is 5.56 Å². The predicted octanol–water partition coefficient (Wildman–Crippen LogP) is 3.69. The van der Waals surface area contributed by atoms with Crippen molar-refractivity contribution in [3.8, 4) is 11.1 Å². The van der Waals surface area contributed by atoms with Gasteiger partial charge in [0.1, 0.15) is 5.82 Å². The average Bonchev–Trinajstić information content (AvgIpc) is 3.03. The molecule has 2 heterocycles. The highest BCUT2D eigenvalue weighted by Crippen LogP contribution is 2.36. The van der Waals surface area contributed by atoms with Gasteiger partial charge in [-0.25, -0.2) is 9.37 Å². The summed E-state index contributed by atoms with van der Waals surface area (Å²) in [5.74, 6) is -0.327. The Morgan fingerprint density at radius 2 is 2.24 bits per heavy atom. The SMILES string of the molecule is O=C1CN(Cc2cc3scnc3c(-c3cccc(Cl)c3)c2F)CCN1. The normalized spacial score (nSPS) is 15.5. The van der Waals surface area contributed by atoms with Crippen molar-refractivity contribution in [3.05, 3.63) is 52.2 Å². The van der Waals surface area contributed by atoms with Crippen LogP contribution in [0.15, 0.2) is 35.8 Å². The van der Waals surface area contributed by atoms with Gasteiger partial charge in [-0.3, -0.25) is 9.69 Å². The van der Waals surface area contributed by atoms with E-state index in [0.29, 0.717) is 46.9 Å². The number of carbonyl (C=O) groups is 1. The van der Waals surface area contributed by atoms with Crippen LogP contribution in [-0.4, -0.2) is 35.4 Å². The van der Waals surface area contributed by atoms with Gasteiger partial charge in [-0.2, -0.15) is 0 Å². The van der Waals surface area contributed by atoms with E-state index in [1.807, 2.05) is 17.0 Å². The van der Waals surface area contributed by atoms with E-state index >= 15 is 4.39 Å². The van der Waals surface area contributed by atoms with Gasteiger partial charge in [-0.15, -0.1) is 11.3 Å². The smallest absolute Gasteiger partial charge is 0.234 e. The van der Waals surface area contributed by atoms with E-state index in [0.717, 1.165) is 4.70 Å². The minimum atomic E-state index is -0.299. The second kappa shape index (κ2) is 6.71. The highest BCUT2D eigenvalue weighted by Gasteiger charge is 2.21. The molecule has 1 aromatic heterocycles. The highest BCUT2D eigenvalue weighted by atomic mass is 35.5. The van der Waals surface area contributed by atoms with Crippen LogP contribution in [0, 0.1) is 5.82 Å². The Morgan fingerprint density at radius 3 is 3.04 bits per heavy atom. The molecule has 2 aromatic carbocycles. The van der Waals surface area contributed by atoms with Gasteiger partial charge in [0.25, 0.3) is 0 Å². The van der Waals surface area contributed by atoms with Crippen LogP contribution in [0.25, 0.3) is 21.3 Å². The van der Waals surface area contributed by atoms with Crippen molar-refractivity contribution in [2.45, 2.75) is 6.54 Å². The number of hydrogen-bond donors (Lipinski definition) is 1. The summed E-state index contributed by atoms with van der Waals surface area (Å²) in [6.45, 7) is 1.97. The molecule has 0 atom stereocenters. The first-order valence-electron chi connectivity index (χ1n) is 7.91. The Balaban J connectivity index is 1.80. The van der Waals surface area contributed by atoms with Crippen molar-refractivity contribution in [2.24, 2.45) is 0 Å². The van der Waals surface area contributed by atoms with Crippen molar-refractivity contribution < 1.29 is 9.18 Å². The third-order valence-electron chi connectivity index (χ3n) is 4.26. The van der Waals surface area contributed by atoms with Gasteiger partial charge in [0.05, 0.1) is 22.3 Å². The molecule has 3 aromatic rings. The highest BCUT2D eigenvalue weighted by molar-refractivity contribution is 7.16. The van der Waals surface area contributed by atoms with Gasteiger partial charge in [0, 0.05) is 35.8 Å². The Bertz CT molecular complexity index is 959. The first-order chi connectivity index (χ1) is 12.1. The molecule has 0 aliphatic carbocycles. The van der Waals surface area contributed by atoms with Crippen molar-refractivity contribution in [1.29, 1.82) is 0 Å². The summed E-state index contributed by atoms with van der Waals surface area (Å²) in [4.78, 5) is 17.9. The zero-order chi connectivity index (χ0) is 17.4. The minimum absolute atomic E-state index is 0.0272. The van der Waals surface area contributed by atoms with Crippen LogP contribution < -0.4 is 5.32 Å². The van der Waals surface area contributed by atoms with Crippen molar-refractivity contribution in [3.63, 3.8) is 0 Å². The largest absolute Gasteiger partial charge is 0.354 e. The number of amides is 1. The van der Waals surface area contributed by atoms with E-state index in [-0.39, 0.29) is 18.3 Å². The number of piperazine rings is 1. The topological polar surface area (TPSA) is 45.2 Å². The molecule has 0 bridgehead atoms. The summed E-state index contributed by atoms with van der Waals surface area (Å²) in [7, 11) is 0. The quantitative estimate of drug-likeness (QED) is 0.759. The molecule has 1 N–H and O–H groups in total. The molecular weight excluding hydrogens is 361 g/mol. The second-order valence-electron chi connectivity index (χ2n) is 5.99. The maximum atomic E-state index is 15.3. The zero-order valence-electron chi connectivity index (χ0n) is 13.3. The van der Waals surface area contributed by atoms with Gasteiger partial charge in [-0.1, -0.05) is 23.7 Å². The van der Waals surface area contributed by atoms with Crippen molar-refractivity contribution in [1.82, 2.24) is 15.2 Å². The molecule has 0 spiro atoms. The number of rotatable bonds is 3. The number of hydrogen-bond acceptors (Lipinski definition) is 4. The second-order valence-corrected chi connectivity index (χ2v) is 7.32. The van der Waals surface area contributed by atoms with Crippen LogP contribution in [0.5, 0.6) is 0 Å². The Morgan fingerprint density at radius 1 is 1.36 bits per heavy atom. The maximum Gasteiger partial charge on any atom is 0.234 e. The molecule has 1 saturated heterocycles. The van der Waals surface area contributed by atoms with E-state index in [4.69, 9.17) is 11.6 Å². The number of fused-ring (bicyclic) bond motifs is 1. The molecule has 1 fully saturated rings. The van der Waals surface area contributed by atoms with E-state index in [1.165, 1.54) is 11.3 Å². The van der Waals surface area contributed by atoms with Crippen LogP contribution >= 0.6 is 22.9 Å². The van der Waals surface area contributed by atoms with Crippen LogP contribution in [0.4, 0.5) is 4.39 Å². The lowest BCUT2D eigenvalue weighted by Gasteiger charge is -2.26. The molecule has 4 rings (SSSR count). The number of benzene rings is 2. The Hall–Kier alpha value is -2.02. The van der Waals surface area contributed by atoms with Gasteiger partial charge in [0.2, 0.25) is 5.91 Å². The summed E-state index contributed by atoms with van der Waals surface area (Å²) in [6.07, 6.45) is 0. The molecule has 0 unspecified atom stereocenters. The lowest BCUT2D eigenvalue weighted by molar-refractivity contribution is -0.124. The lowest BCUT2D eigenvalue weighted by atomic mass is 10.00. The molecule has 0 radical (unpaired) electrons. The monoisotopic (exact) mass is 375 g/mol. The lowest BCUT2D eigenvalue weighted by Crippen LogP contribution is -2.47. The van der Waals surface area contributed by atoms with E-state index in [1.54, 1.807) is 23.7 Å².